The summed E-state index contributed by atoms with van der Waals surface area (Å²) in [4.78, 5) is 10.7. The Balaban J connectivity index is 2.24. The number of fused-ring (bicyclic) bond motifs is 1. The first kappa shape index (κ1) is 13.8. The van der Waals surface area contributed by atoms with E-state index in [1.807, 2.05) is 36.4 Å². The molecule has 1 atom stereocenters. The van der Waals surface area contributed by atoms with Crippen molar-refractivity contribution in [2.24, 2.45) is 11.5 Å². The van der Waals surface area contributed by atoms with E-state index in [-0.39, 0.29) is 11.9 Å². The van der Waals surface area contributed by atoms with Crippen LogP contribution in [0.25, 0.3) is 10.8 Å². The summed E-state index contributed by atoms with van der Waals surface area (Å²) in [6, 6.07) is 11.6. The Bertz CT molecular complexity index is 598. The van der Waals surface area contributed by atoms with E-state index in [0.29, 0.717) is 12.8 Å². The molecule has 19 heavy (non-hydrogen) atoms. The molecule has 2 aromatic rings. The Morgan fingerprint density at radius 2 is 1.84 bits per heavy atom. The van der Waals surface area contributed by atoms with Crippen molar-refractivity contribution in [3.05, 3.63) is 47.0 Å². The van der Waals surface area contributed by atoms with Crippen LogP contribution in [0.2, 0.25) is 5.02 Å². The van der Waals surface area contributed by atoms with Crippen LogP contribution in [0.15, 0.2) is 36.4 Å². The van der Waals surface area contributed by atoms with Crippen molar-refractivity contribution in [2.75, 3.05) is 0 Å². The van der Waals surface area contributed by atoms with Crippen molar-refractivity contribution >= 4 is 28.3 Å². The second kappa shape index (κ2) is 6.04. The van der Waals surface area contributed by atoms with E-state index >= 15 is 0 Å². The smallest absolute Gasteiger partial charge is 0.217 e. The van der Waals surface area contributed by atoms with Crippen LogP contribution in [0.1, 0.15) is 30.9 Å². The molecule has 4 heteroatoms. The minimum Gasteiger partial charge on any atom is -0.370 e. The summed E-state index contributed by atoms with van der Waals surface area (Å²) in [6.07, 6.45) is 1.81. The Hall–Kier alpha value is -1.58. The van der Waals surface area contributed by atoms with Gasteiger partial charge in [0.2, 0.25) is 5.91 Å². The van der Waals surface area contributed by atoms with Gasteiger partial charge in [-0.2, -0.15) is 0 Å². The number of hydrogen-bond acceptors (Lipinski definition) is 2. The van der Waals surface area contributed by atoms with Gasteiger partial charge < -0.3 is 11.5 Å². The number of primary amides is 1. The average Bonchev–Trinajstić information content (AvgIpc) is 2.39. The number of amides is 1. The van der Waals surface area contributed by atoms with Gasteiger partial charge in [-0.25, -0.2) is 0 Å². The van der Waals surface area contributed by atoms with E-state index in [4.69, 9.17) is 23.1 Å². The van der Waals surface area contributed by atoms with E-state index < -0.39 is 0 Å². The fourth-order valence-electron chi connectivity index (χ4n) is 2.26. The van der Waals surface area contributed by atoms with Gasteiger partial charge in [0.15, 0.2) is 0 Å². The number of rotatable bonds is 5. The van der Waals surface area contributed by atoms with Crippen LogP contribution in [0.4, 0.5) is 0 Å². The maximum absolute atomic E-state index is 10.7. The van der Waals surface area contributed by atoms with E-state index in [9.17, 15) is 4.79 Å². The summed E-state index contributed by atoms with van der Waals surface area (Å²) in [5.74, 6) is -0.284. The molecule has 1 unspecified atom stereocenters. The topological polar surface area (TPSA) is 69.1 Å². The lowest BCUT2D eigenvalue weighted by molar-refractivity contribution is -0.118. The Labute approximate surface area is 117 Å². The molecule has 2 aromatic carbocycles. The lowest BCUT2D eigenvalue weighted by atomic mass is 9.96. The van der Waals surface area contributed by atoms with Gasteiger partial charge in [-0.3, -0.25) is 4.79 Å². The molecule has 0 radical (unpaired) electrons. The van der Waals surface area contributed by atoms with Crippen LogP contribution in [0.3, 0.4) is 0 Å². The standard InChI is InChI=1S/C15H17ClN2O/c16-13-9-8-12(10-4-1-2-5-11(10)13)14(17)6-3-7-15(18)19/h1-2,4-5,8-9,14H,3,6-7,17H2,(H2,18,19). The van der Waals surface area contributed by atoms with Crippen molar-refractivity contribution in [1.82, 2.24) is 0 Å². The third kappa shape index (κ3) is 3.25. The van der Waals surface area contributed by atoms with Gasteiger partial charge in [-0.1, -0.05) is 41.9 Å². The highest BCUT2D eigenvalue weighted by Crippen LogP contribution is 2.30. The van der Waals surface area contributed by atoms with Crippen molar-refractivity contribution in [3.8, 4) is 0 Å². The van der Waals surface area contributed by atoms with Crippen molar-refractivity contribution in [1.29, 1.82) is 0 Å². The molecule has 2 rings (SSSR count). The van der Waals surface area contributed by atoms with Gasteiger partial charge in [0.1, 0.15) is 0 Å². The van der Waals surface area contributed by atoms with Gasteiger partial charge in [0.05, 0.1) is 0 Å². The first-order valence-electron chi connectivity index (χ1n) is 6.30. The summed E-state index contributed by atoms with van der Waals surface area (Å²) in [5, 5.41) is 2.80. The molecule has 0 heterocycles. The first-order chi connectivity index (χ1) is 9.09. The van der Waals surface area contributed by atoms with Crippen molar-refractivity contribution in [2.45, 2.75) is 25.3 Å². The number of benzene rings is 2. The number of carbonyl (C=O) groups excluding carboxylic acids is 1. The zero-order chi connectivity index (χ0) is 13.8. The van der Waals surface area contributed by atoms with Crippen molar-refractivity contribution in [3.63, 3.8) is 0 Å². The number of hydrogen-bond donors (Lipinski definition) is 2. The maximum atomic E-state index is 10.7. The highest BCUT2D eigenvalue weighted by molar-refractivity contribution is 6.35. The lowest BCUT2D eigenvalue weighted by Crippen LogP contribution is -2.14. The van der Waals surface area contributed by atoms with E-state index in [1.54, 1.807) is 0 Å². The van der Waals surface area contributed by atoms with E-state index in [2.05, 4.69) is 0 Å². The SMILES string of the molecule is NC(=O)CCCC(N)c1ccc(Cl)c2ccccc12. The molecule has 0 bridgehead atoms. The molecule has 0 aromatic heterocycles. The van der Waals surface area contributed by atoms with Crippen LogP contribution in [0.5, 0.6) is 0 Å². The zero-order valence-electron chi connectivity index (χ0n) is 10.6. The predicted molar refractivity (Wildman–Crippen MR) is 78.9 cm³/mol. The van der Waals surface area contributed by atoms with Gasteiger partial charge in [-0.15, -0.1) is 0 Å². The van der Waals surface area contributed by atoms with E-state index in [1.165, 1.54) is 0 Å². The molecule has 0 fully saturated rings. The Morgan fingerprint density at radius 3 is 2.53 bits per heavy atom. The molecule has 0 aliphatic heterocycles. The van der Waals surface area contributed by atoms with Gasteiger partial charge in [0.25, 0.3) is 0 Å². The zero-order valence-corrected chi connectivity index (χ0v) is 11.4. The molecule has 100 valence electrons. The predicted octanol–water partition coefficient (Wildman–Crippen LogP) is 3.15. The molecule has 0 saturated carbocycles. The minimum absolute atomic E-state index is 0.110. The highest BCUT2D eigenvalue weighted by atomic mass is 35.5. The quantitative estimate of drug-likeness (QED) is 0.881. The van der Waals surface area contributed by atoms with E-state index in [0.717, 1.165) is 27.8 Å². The summed E-state index contributed by atoms with van der Waals surface area (Å²) >= 11 is 6.18. The Kier molecular flexibility index (Phi) is 4.40. The molecule has 0 saturated heterocycles. The summed E-state index contributed by atoms with van der Waals surface area (Å²) in [5.41, 5.74) is 12.4. The number of nitrogens with two attached hydrogens (primary N) is 2. The average molecular weight is 277 g/mol. The van der Waals surface area contributed by atoms with Crippen LogP contribution in [-0.4, -0.2) is 5.91 Å². The maximum Gasteiger partial charge on any atom is 0.217 e. The second-order valence-electron chi connectivity index (χ2n) is 4.65. The monoisotopic (exact) mass is 276 g/mol. The summed E-state index contributed by atoms with van der Waals surface area (Å²) < 4.78 is 0. The van der Waals surface area contributed by atoms with Gasteiger partial charge in [-0.05, 0) is 29.9 Å². The van der Waals surface area contributed by atoms with Gasteiger partial charge >= 0.3 is 0 Å². The fraction of sp³-hybridized carbons (Fsp3) is 0.267. The number of carbonyl (C=O) groups is 1. The van der Waals surface area contributed by atoms with Gasteiger partial charge in [0, 0.05) is 22.9 Å². The third-order valence-corrected chi connectivity index (χ3v) is 3.57. The number of halogens is 1. The minimum atomic E-state index is -0.284. The molecule has 1 amide bonds. The highest BCUT2D eigenvalue weighted by Gasteiger charge is 2.11. The third-order valence-electron chi connectivity index (χ3n) is 3.24. The largest absolute Gasteiger partial charge is 0.370 e. The molecule has 4 N–H and O–H groups in total. The normalized spacial score (nSPS) is 12.5. The molecular weight excluding hydrogens is 260 g/mol. The molecular formula is C15H17ClN2O. The summed E-state index contributed by atoms with van der Waals surface area (Å²) in [6.45, 7) is 0. The molecule has 0 aliphatic carbocycles. The molecule has 3 nitrogen and oxygen atoms in total. The van der Waals surface area contributed by atoms with Crippen LogP contribution >= 0.6 is 11.6 Å². The lowest BCUT2D eigenvalue weighted by Gasteiger charge is -2.15. The van der Waals surface area contributed by atoms with Crippen LogP contribution in [-0.2, 0) is 4.79 Å². The fourth-order valence-corrected chi connectivity index (χ4v) is 2.49. The summed E-state index contributed by atoms with van der Waals surface area (Å²) in [7, 11) is 0. The Morgan fingerprint density at radius 1 is 1.16 bits per heavy atom. The van der Waals surface area contributed by atoms with Crippen LogP contribution < -0.4 is 11.5 Å². The van der Waals surface area contributed by atoms with Crippen LogP contribution in [0, 0.1) is 0 Å². The molecule has 0 aliphatic rings. The van der Waals surface area contributed by atoms with Crippen molar-refractivity contribution < 1.29 is 4.79 Å². The first-order valence-corrected chi connectivity index (χ1v) is 6.68. The molecule has 0 spiro atoms. The second-order valence-corrected chi connectivity index (χ2v) is 5.05.